The van der Waals surface area contributed by atoms with Crippen molar-refractivity contribution in [1.82, 2.24) is 5.43 Å². The average Bonchev–Trinajstić information content (AvgIpc) is 3.06. The Morgan fingerprint density at radius 1 is 1.29 bits per heavy atom. The van der Waals surface area contributed by atoms with Crippen LogP contribution in [0.3, 0.4) is 0 Å². The third-order valence-electron chi connectivity index (χ3n) is 3.13. The quantitative estimate of drug-likeness (QED) is 0.685. The van der Waals surface area contributed by atoms with Crippen molar-refractivity contribution in [2.45, 2.75) is 6.92 Å². The van der Waals surface area contributed by atoms with Crippen LogP contribution in [0, 0.1) is 6.92 Å². The molecule has 1 aromatic heterocycles. The molecule has 1 fully saturated rings. The van der Waals surface area contributed by atoms with E-state index in [0.29, 0.717) is 16.5 Å². The average molecular weight is 303 g/mol. The summed E-state index contributed by atoms with van der Waals surface area (Å²) in [5.41, 5.74) is 3.92. The fraction of sp³-hybridized carbons (Fsp3) is 0.0667. The second-order valence-electron chi connectivity index (χ2n) is 4.59. The van der Waals surface area contributed by atoms with Gasteiger partial charge in [0.1, 0.15) is 11.3 Å². The summed E-state index contributed by atoms with van der Waals surface area (Å²) < 4.78 is 5.12. The van der Waals surface area contributed by atoms with Gasteiger partial charge in [-0.2, -0.15) is 0 Å². The second-order valence-corrected chi connectivity index (χ2v) is 5.00. The number of halogens is 1. The number of carbonyl (C=O) groups excluding carboxylic acids is 2. The largest absolute Gasteiger partial charge is 0.465 e. The van der Waals surface area contributed by atoms with E-state index in [2.05, 4.69) is 5.43 Å². The first-order valence-corrected chi connectivity index (χ1v) is 6.61. The molecule has 1 aliphatic heterocycles. The van der Waals surface area contributed by atoms with Gasteiger partial charge >= 0.3 is 0 Å². The third kappa shape index (κ3) is 2.43. The number of rotatable bonds is 2. The minimum atomic E-state index is -0.479. The van der Waals surface area contributed by atoms with Gasteiger partial charge in [-0.05, 0) is 42.8 Å². The summed E-state index contributed by atoms with van der Waals surface area (Å²) in [5.74, 6) is -0.485. The minimum absolute atomic E-state index is 0.0154. The zero-order chi connectivity index (χ0) is 15.0. The first-order valence-electron chi connectivity index (χ1n) is 6.23. The topological polar surface area (TPSA) is 62.6 Å². The van der Waals surface area contributed by atoms with Gasteiger partial charge in [-0.15, -0.1) is 0 Å². The maximum absolute atomic E-state index is 12.3. The van der Waals surface area contributed by atoms with Crippen molar-refractivity contribution in [3.05, 3.63) is 58.5 Å². The van der Waals surface area contributed by atoms with Crippen LogP contribution in [0.4, 0.5) is 5.69 Å². The molecule has 21 heavy (non-hydrogen) atoms. The second kappa shape index (κ2) is 5.10. The van der Waals surface area contributed by atoms with E-state index in [0.717, 1.165) is 5.56 Å². The van der Waals surface area contributed by atoms with Crippen LogP contribution in [0.5, 0.6) is 0 Å². The Bertz CT molecular complexity index is 750. The Morgan fingerprint density at radius 3 is 2.76 bits per heavy atom. The molecule has 0 saturated carbocycles. The van der Waals surface area contributed by atoms with Crippen molar-refractivity contribution in [1.29, 1.82) is 0 Å². The van der Waals surface area contributed by atoms with Crippen LogP contribution in [0.25, 0.3) is 6.08 Å². The van der Waals surface area contributed by atoms with E-state index in [-0.39, 0.29) is 5.57 Å². The lowest BCUT2D eigenvalue weighted by molar-refractivity contribution is -0.117. The maximum atomic E-state index is 12.3. The van der Waals surface area contributed by atoms with Gasteiger partial charge in [0.2, 0.25) is 0 Å². The van der Waals surface area contributed by atoms with Gasteiger partial charge in [-0.1, -0.05) is 17.7 Å². The van der Waals surface area contributed by atoms with Crippen LogP contribution in [0.15, 0.2) is 46.6 Å². The first-order chi connectivity index (χ1) is 10.1. The summed E-state index contributed by atoms with van der Waals surface area (Å²) in [6.45, 7) is 1.86. The monoisotopic (exact) mass is 302 g/mol. The molecule has 1 N–H and O–H groups in total. The molecule has 1 saturated heterocycles. The number of benzene rings is 1. The van der Waals surface area contributed by atoms with Gasteiger partial charge in [-0.3, -0.25) is 15.0 Å². The predicted octanol–water partition coefficient (Wildman–Crippen LogP) is 2.70. The Hall–Kier alpha value is -2.53. The molecule has 0 radical (unpaired) electrons. The first kappa shape index (κ1) is 13.5. The van der Waals surface area contributed by atoms with E-state index in [9.17, 15) is 9.59 Å². The van der Waals surface area contributed by atoms with Gasteiger partial charge in [0.25, 0.3) is 11.8 Å². The molecule has 2 amide bonds. The molecular formula is C15H11ClN2O3. The highest BCUT2D eigenvalue weighted by atomic mass is 35.5. The van der Waals surface area contributed by atoms with Gasteiger partial charge in [-0.25, -0.2) is 5.01 Å². The lowest BCUT2D eigenvalue weighted by atomic mass is 10.2. The minimum Gasteiger partial charge on any atom is -0.465 e. The highest BCUT2D eigenvalue weighted by molar-refractivity contribution is 6.33. The molecule has 0 unspecified atom stereocenters. The van der Waals surface area contributed by atoms with Crippen LogP contribution in [-0.2, 0) is 9.59 Å². The lowest BCUT2D eigenvalue weighted by Gasteiger charge is -2.15. The number of hydrogen-bond acceptors (Lipinski definition) is 3. The summed E-state index contributed by atoms with van der Waals surface area (Å²) in [6, 6.07) is 8.48. The van der Waals surface area contributed by atoms with E-state index in [4.69, 9.17) is 16.0 Å². The fourth-order valence-electron chi connectivity index (χ4n) is 1.98. The molecule has 0 aliphatic carbocycles. The van der Waals surface area contributed by atoms with Crippen molar-refractivity contribution >= 4 is 35.2 Å². The highest BCUT2D eigenvalue weighted by Crippen LogP contribution is 2.26. The van der Waals surface area contributed by atoms with Crippen LogP contribution < -0.4 is 10.4 Å². The number of furan rings is 1. The number of carbonyl (C=O) groups is 2. The number of aryl methyl sites for hydroxylation is 1. The molecular weight excluding hydrogens is 292 g/mol. The maximum Gasteiger partial charge on any atom is 0.282 e. The zero-order valence-electron chi connectivity index (χ0n) is 11.1. The summed E-state index contributed by atoms with van der Waals surface area (Å²) in [6.07, 6.45) is 2.88. The van der Waals surface area contributed by atoms with Gasteiger partial charge in [0.15, 0.2) is 0 Å². The molecule has 6 heteroatoms. The molecule has 2 heterocycles. The Kier molecular flexibility index (Phi) is 3.27. The molecule has 5 nitrogen and oxygen atoms in total. The van der Waals surface area contributed by atoms with E-state index < -0.39 is 11.8 Å². The third-order valence-corrected chi connectivity index (χ3v) is 3.54. The van der Waals surface area contributed by atoms with Crippen LogP contribution >= 0.6 is 11.6 Å². The number of amides is 2. The molecule has 3 rings (SSSR count). The van der Waals surface area contributed by atoms with E-state index in [1.165, 1.54) is 17.3 Å². The lowest BCUT2D eigenvalue weighted by Crippen LogP contribution is -2.35. The van der Waals surface area contributed by atoms with E-state index >= 15 is 0 Å². The Morgan fingerprint density at radius 2 is 2.10 bits per heavy atom. The normalized spacial score (nSPS) is 16.7. The molecule has 106 valence electrons. The smallest absolute Gasteiger partial charge is 0.282 e. The van der Waals surface area contributed by atoms with Crippen LogP contribution in [0.2, 0.25) is 5.02 Å². The molecule has 0 bridgehead atoms. The predicted molar refractivity (Wildman–Crippen MR) is 78.5 cm³/mol. The van der Waals surface area contributed by atoms with Crippen molar-refractivity contribution in [2.75, 3.05) is 5.01 Å². The number of hydrogen-bond donors (Lipinski definition) is 1. The number of hydrazine groups is 1. The summed E-state index contributed by atoms with van der Waals surface area (Å²) in [7, 11) is 0. The van der Waals surface area contributed by atoms with Gasteiger partial charge in [0.05, 0.1) is 12.0 Å². The Labute approximate surface area is 125 Å². The van der Waals surface area contributed by atoms with Crippen LogP contribution in [0.1, 0.15) is 11.3 Å². The van der Waals surface area contributed by atoms with Crippen molar-refractivity contribution in [2.24, 2.45) is 0 Å². The van der Waals surface area contributed by atoms with E-state index in [1.54, 1.807) is 30.3 Å². The van der Waals surface area contributed by atoms with Crippen molar-refractivity contribution in [3.8, 4) is 0 Å². The van der Waals surface area contributed by atoms with Crippen LogP contribution in [-0.4, -0.2) is 11.8 Å². The zero-order valence-corrected chi connectivity index (χ0v) is 11.8. The van der Waals surface area contributed by atoms with Gasteiger partial charge < -0.3 is 4.42 Å². The standard InChI is InChI=1S/C15H11ClN2O3/c1-9-4-5-10(7-13(9)16)18-15(20)12(14(19)17-18)8-11-3-2-6-21-11/h2-8H,1H3,(H,17,19). The summed E-state index contributed by atoms with van der Waals surface area (Å²) in [5, 5.41) is 1.70. The molecule has 0 spiro atoms. The van der Waals surface area contributed by atoms with Crippen molar-refractivity contribution < 1.29 is 14.0 Å². The molecule has 0 atom stereocenters. The van der Waals surface area contributed by atoms with E-state index in [1.807, 2.05) is 6.92 Å². The Balaban J connectivity index is 1.95. The molecule has 2 aromatic rings. The number of nitrogens with zero attached hydrogens (tertiary/aromatic N) is 1. The summed E-state index contributed by atoms with van der Waals surface area (Å²) in [4.78, 5) is 24.3. The SMILES string of the molecule is Cc1ccc(N2NC(=O)C(=Cc3ccco3)C2=O)cc1Cl. The van der Waals surface area contributed by atoms with Crippen molar-refractivity contribution in [3.63, 3.8) is 0 Å². The molecule has 1 aliphatic rings. The number of nitrogens with one attached hydrogen (secondary N) is 1. The highest BCUT2D eigenvalue weighted by Gasteiger charge is 2.34. The number of anilines is 1. The summed E-state index contributed by atoms with van der Waals surface area (Å²) >= 11 is 6.05. The fourth-order valence-corrected chi connectivity index (χ4v) is 2.15. The molecule has 1 aromatic carbocycles. The van der Waals surface area contributed by atoms with Gasteiger partial charge in [0, 0.05) is 5.02 Å².